The number of aliphatic hydroxyl groups is 1. The molecule has 2 aliphatic rings. The highest BCUT2D eigenvalue weighted by atomic mass is 35.5. The second-order valence-electron chi connectivity index (χ2n) is 6.23. The highest BCUT2D eigenvalue weighted by Gasteiger charge is 2.49. The SMILES string of the molecule is O=C(CC1(O)C(=O)Nc2ccc(Cl)cc21)NC1(C(=O)O)CCSCC1. The molecule has 25 heavy (non-hydrogen) atoms. The second kappa shape index (κ2) is 6.51. The van der Waals surface area contributed by atoms with Crippen molar-refractivity contribution in [3.8, 4) is 0 Å². The van der Waals surface area contributed by atoms with Crippen molar-refractivity contribution in [1.82, 2.24) is 5.32 Å². The summed E-state index contributed by atoms with van der Waals surface area (Å²) in [6.45, 7) is 0. The molecule has 0 radical (unpaired) electrons. The Morgan fingerprint density at radius 1 is 1.32 bits per heavy atom. The van der Waals surface area contributed by atoms with Crippen LogP contribution in [0.2, 0.25) is 5.02 Å². The van der Waals surface area contributed by atoms with Crippen LogP contribution >= 0.6 is 23.4 Å². The first-order valence-electron chi connectivity index (χ1n) is 7.73. The molecule has 134 valence electrons. The molecule has 4 N–H and O–H groups in total. The number of nitrogens with one attached hydrogen (secondary N) is 2. The van der Waals surface area contributed by atoms with E-state index in [4.69, 9.17) is 11.6 Å². The third kappa shape index (κ3) is 3.21. The van der Waals surface area contributed by atoms with Gasteiger partial charge in [0.25, 0.3) is 5.91 Å². The number of hydrogen-bond acceptors (Lipinski definition) is 5. The molecule has 0 bridgehead atoms. The number of fused-ring (bicyclic) bond motifs is 1. The van der Waals surface area contributed by atoms with Gasteiger partial charge in [-0.1, -0.05) is 11.6 Å². The summed E-state index contributed by atoms with van der Waals surface area (Å²) in [5.74, 6) is -1.29. The number of carbonyl (C=O) groups is 3. The average Bonchev–Trinajstić information content (AvgIpc) is 2.79. The van der Waals surface area contributed by atoms with Crippen LogP contribution in [0.3, 0.4) is 0 Å². The minimum atomic E-state index is -2.08. The molecule has 7 nitrogen and oxygen atoms in total. The van der Waals surface area contributed by atoms with E-state index in [1.54, 1.807) is 23.9 Å². The Balaban J connectivity index is 1.82. The standard InChI is InChI=1S/C16H17ClN2O5S/c17-9-1-2-11-10(7-9)16(24,13(21)18-11)8-12(20)19-15(14(22)23)3-5-25-6-4-15/h1-2,7,24H,3-6,8H2,(H,18,21)(H,19,20)(H,22,23). The molecule has 1 aromatic carbocycles. The van der Waals surface area contributed by atoms with Crippen molar-refractivity contribution < 1.29 is 24.6 Å². The van der Waals surface area contributed by atoms with Gasteiger partial charge in [-0.3, -0.25) is 9.59 Å². The minimum Gasteiger partial charge on any atom is -0.480 e. The van der Waals surface area contributed by atoms with Gasteiger partial charge < -0.3 is 20.8 Å². The number of anilines is 1. The number of hydrogen-bond donors (Lipinski definition) is 4. The van der Waals surface area contributed by atoms with E-state index in [1.165, 1.54) is 6.07 Å². The van der Waals surface area contributed by atoms with Crippen molar-refractivity contribution in [2.24, 2.45) is 0 Å². The molecule has 1 fully saturated rings. The maximum Gasteiger partial charge on any atom is 0.329 e. The van der Waals surface area contributed by atoms with Gasteiger partial charge in [0.15, 0.2) is 5.60 Å². The molecule has 0 aliphatic carbocycles. The fourth-order valence-corrected chi connectivity index (χ4v) is 4.51. The zero-order valence-corrected chi connectivity index (χ0v) is 14.7. The zero-order chi connectivity index (χ0) is 18.2. The largest absolute Gasteiger partial charge is 0.480 e. The van der Waals surface area contributed by atoms with Crippen LogP contribution in [0.4, 0.5) is 5.69 Å². The van der Waals surface area contributed by atoms with Crippen LogP contribution in [0.1, 0.15) is 24.8 Å². The Labute approximate surface area is 153 Å². The number of benzene rings is 1. The average molecular weight is 385 g/mol. The van der Waals surface area contributed by atoms with E-state index in [-0.39, 0.29) is 5.56 Å². The lowest BCUT2D eigenvalue weighted by atomic mass is 9.88. The molecular weight excluding hydrogens is 368 g/mol. The van der Waals surface area contributed by atoms with E-state index in [2.05, 4.69) is 10.6 Å². The molecule has 9 heteroatoms. The number of carbonyl (C=O) groups excluding carboxylic acids is 2. The predicted molar refractivity (Wildman–Crippen MR) is 93.7 cm³/mol. The fourth-order valence-electron chi connectivity index (χ4n) is 3.15. The van der Waals surface area contributed by atoms with Gasteiger partial charge in [-0.05, 0) is 42.5 Å². The summed E-state index contributed by atoms with van der Waals surface area (Å²) in [5, 5.41) is 25.7. The third-order valence-electron chi connectivity index (χ3n) is 4.60. The van der Waals surface area contributed by atoms with E-state index in [9.17, 15) is 24.6 Å². The normalized spacial score (nSPS) is 24.3. The van der Waals surface area contributed by atoms with Crippen molar-refractivity contribution in [3.05, 3.63) is 28.8 Å². The summed E-state index contributed by atoms with van der Waals surface area (Å²) in [4.78, 5) is 36.3. The number of halogens is 1. The fraction of sp³-hybridized carbons (Fsp3) is 0.438. The monoisotopic (exact) mass is 384 g/mol. The molecule has 2 amide bonds. The Hall–Kier alpha value is -1.77. The first-order chi connectivity index (χ1) is 11.8. The van der Waals surface area contributed by atoms with Crippen molar-refractivity contribution in [2.45, 2.75) is 30.4 Å². The van der Waals surface area contributed by atoms with Crippen molar-refractivity contribution in [2.75, 3.05) is 16.8 Å². The van der Waals surface area contributed by atoms with Crippen LogP contribution in [0.15, 0.2) is 18.2 Å². The van der Waals surface area contributed by atoms with Gasteiger partial charge in [-0.15, -0.1) is 0 Å². The first kappa shape index (κ1) is 18.0. The van der Waals surface area contributed by atoms with Gasteiger partial charge in [-0.25, -0.2) is 4.79 Å². The van der Waals surface area contributed by atoms with Gasteiger partial charge in [0.05, 0.1) is 6.42 Å². The molecule has 0 aromatic heterocycles. The number of aliphatic carboxylic acids is 1. The van der Waals surface area contributed by atoms with Crippen molar-refractivity contribution >= 4 is 46.8 Å². The summed E-state index contributed by atoms with van der Waals surface area (Å²) in [7, 11) is 0. The van der Waals surface area contributed by atoms with E-state index in [0.717, 1.165) is 0 Å². The quantitative estimate of drug-likeness (QED) is 0.622. The molecule has 0 spiro atoms. The maximum absolute atomic E-state index is 12.5. The van der Waals surface area contributed by atoms with Crippen LogP contribution in [0.25, 0.3) is 0 Å². The number of carboxylic acids is 1. The molecule has 3 rings (SSSR count). The lowest BCUT2D eigenvalue weighted by Gasteiger charge is -2.34. The van der Waals surface area contributed by atoms with Crippen LogP contribution in [0, 0.1) is 0 Å². The molecule has 2 aliphatic heterocycles. The number of amides is 2. The summed E-state index contributed by atoms with van der Waals surface area (Å²) in [5.41, 5.74) is -2.84. The highest BCUT2D eigenvalue weighted by molar-refractivity contribution is 7.99. The number of carboxylic acid groups (broad SMARTS) is 1. The molecule has 2 heterocycles. The van der Waals surface area contributed by atoms with Gasteiger partial charge in [0.1, 0.15) is 5.54 Å². The molecule has 0 saturated carbocycles. The summed E-state index contributed by atoms with van der Waals surface area (Å²) in [6, 6.07) is 4.53. The molecule has 1 atom stereocenters. The second-order valence-corrected chi connectivity index (χ2v) is 7.89. The van der Waals surface area contributed by atoms with Crippen LogP contribution in [0.5, 0.6) is 0 Å². The van der Waals surface area contributed by atoms with Gasteiger partial charge in [0.2, 0.25) is 5.91 Å². The minimum absolute atomic E-state index is 0.212. The topological polar surface area (TPSA) is 116 Å². The van der Waals surface area contributed by atoms with E-state index in [0.29, 0.717) is 35.1 Å². The van der Waals surface area contributed by atoms with Gasteiger partial charge >= 0.3 is 5.97 Å². The smallest absolute Gasteiger partial charge is 0.329 e. The lowest BCUT2D eigenvalue weighted by molar-refractivity contribution is -0.150. The molecule has 1 aromatic rings. The summed E-state index contributed by atoms with van der Waals surface area (Å²) in [6.07, 6.45) is 0.0198. The number of rotatable bonds is 4. The Bertz CT molecular complexity index is 750. The van der Waals surface area contributed by atoms with E-state index in [1.807, 2.05) is 0 Å². The molecule has 1 saturated heterocycles. The van der Waals surface area contributed by atoms with Gasteiger partial charge in [-0.2, -0.15) is 11.8 Å². The van der Waals surface area contributed by atoms with Gasteiger partial charge in [0, 0.05) is 16.3 Å². The van der Waals surface area contributed by atoms with E-state index >= 15 is 0 Å². The van der Waals surface area contributed by atoms with Crippen LogP contribution in [-0.2, 0) is 20.0 Å². The van der Waals surface area contributed by atoms with E-state index < -0.39 is 35.3 Å². The number of thioether (sulfide) groups is 1. The Morgan fingerprint density at radius 2 is 2.00 bits per heavy atom. The Kier molecular flexibility index (Phi) is 4.70. The zero-order valence-electron chi connectivity index (χ0n) is 13.2. The molecule has 1 unspecified atom stereocenters. The summed E-state index contributed by atoms with van der Waals surface area (Å²) < 4.78 is 0. The lowest BCUT2D eigenvalue weighted by Crippen LogP contribution is -2.57. The maximum atomic E-state index is 12.5. The Morgan fingerprint density at radius 3 is 2.64 bits per heavy atom. The van der Waals surface area contributed by atoms with Crippen molar-refractivity contribution in [1.29, 1.82) is 0 Å². The van der Waals surface area contributed by atoms with Crippen molar-refractivity contribution in [3.63, 3.8) is 0 Å². The molecular formula is C16H17ClN2O5S. The van der Waals surface area contributed by atoms with Crippen LogP contribution < -0.4 is 10.6 Å². The first-order valence-corrected chi connectivity index (χ1v) is 9.26. The van der Waals surface area contributed by atoms with Crippen LogP contribution in [-0.4, -0.2) is 45.0 Å². The highest BCUT2D eigenvalue weighted by Crippen LogP contribution is 2.40. The third-order valence-corrected chi connectivity index (χ3v) is 5.82. The predicted octanol–water partition coefficient (Wildman–Crippen LogP) is 1.34. The summed E-state index contributed by atoms with van der Waals surface area (Å²) >= 11 is 7.55.